The van der Waals surface area contributed by atoms with E-state index in [1.807, 2.05) is 24.3 Å². The fourth-order valence-corrected chi connectivity index (χ4v) is 6.20. The molecule has 158 valence electrons. The van der Waals surface area contributed by atoms with Crippen LogP contribution in [0.5, 0.6) is 0 Å². The van der Waals surface area contributed by atoms with Crippen LogP contribution in [-0.2, 0) is 19.6 Å². The van der Waals surface area contributed by atoms with Crippen molar-refractivity contribution in [2.45, 2.75) is 36.2 Å². The van der Waals surface area contributed by atoms with Crippen LogP contribution in [0.3, 0.4) is 0 Å². The molecule has 1 aliphatic heterocycles. The molecule has 0 N–H and O–H groups in total. The number of hydrogen-bond acceptors (Lipinski definition) is 4. The molecule has 5 rings (SSSR count). The number of anilines is 1. The van der Waals surface area contributed by atoms with Gasteiger partial charge in [-0.25, -0.2) is 13.3 Å². The number of nitrogens with zero attached hydrogens (tertiary/aromatic N) is 2. The molecule has 6 nitrogen and oxygen atoms in total. The van der Waals surface area contributed by atoms with Crippen LogP contribution in [0.1, 0.15) is 19.3 Å². The maximum Gasteiger partial charge on any atom is 0.252 e. The molecular formula is C23H19BrN2O4S. The summed E-state index contributed by atoms with van der Waals surface area (Å²) in [6.07, 6.45) is 1.21. The molecule has 1 atom stereocenters. The van der Waals surface area contributed by atoms with Gasteiger partial charge in [-0.15, -0.1) is 0 Å². The summed E-state index contributed by atoms with van der Waals surface area (Å²) in [6.45, 7) is 0. The van der Waals surface area contributed by atoms with Crippen LogP contribution in [0.4, 0.5) is 5.69 Å². The topological polar surface area (TPSA) is 74.8 Å². The number of sulfonamides is 1. The van der Waals surface area contributed by atoms with E-state index in [0.717, 1.165) is 20.1 Å². The van der Waals surface area contributed by atoms with E-state index >= 15 is 0 Å². The number of amides is 2. The number of carbonyl (C=O) groups is 2. The van der Waals surface area contributed by atoms with Crippen molar-refractivity contribution in [3.63, 3.8) is 0 Å². The smallest absolute Gasteiger partial charge is 0.252 e. The Kier molecular flexibility index (Phi) is 4.96. The highest BCUT2D eigenvalue weighted by atomic mass is 79.9. The van der Waals surface area contributed by atoms with Crippen molar-refractivity contribution >= 4 is 54.2 Å². The number of carbonyl (C=O) groups excluding carboxylic acids is 2. The Bertz CT molecular complexity index is 1300. The zero-order valence-electron chi connectivity index (χ0n) is 16.4. The van der Waals surface area contributed by atoms with Gasteiger partial charge in [-0.3, -0.25) is 9.59 Å². The number of halogens is 1. The Morgan fingerprint density at radius 2 is 1.58 bits per heavy atom. The largest absolute Gasteiger partial charge is 0.274 e. The van der Waals surface area contributed by atoms with E-state index in [2.05, 4.69) is 15.9 Å². The van der Waals surface area contributed by atoms with Crippen LogP contribution in [0.15, 0.2) is 76.1 Å². The van der Waals surface area contributed by atoms with Gasteiger partial charge in [0.25, 0.3) is 5.91 Å². The van der Waals surface area contributed by atoms with Gasteiger partial charge in [-0.1, -0.05) is 46.3 Å². The highest BCUT2D eigenvalue weighted by molar-refractivity contribution is 9.10. The average Bonchev–Trinajstić information content (AvgIpc) is 3.54. The molecule has 3 aromatic rings. The van der Waals surface area contributed by atoms with Crippen LogP contribution in [0, 0.1) is 0 Å². The van der Waals surface area contributed by atoms with Gasteiger partial charge in [0.1, 0.15) is 6.04 Å². The summed E-state index contributed by atoms with van der Waals surface area (Å²) in [5.41, 5.74) is 0.444. The predicted molar refractivity (Wildman–Crippen MR) is 121 cm³/mol. The molecule has 1 saturated heterocycles. The molecule has 0 aromatic heterocycles. The molecule has 0 radical (unpaired) electrons. The third kappa shape index (κ3) is 3.58. The summed E-state index contributed by atoms with van der Waals surface area (Å²) in [4.78, 5) is 27.2. The van der Waals surface area contributed by atoms with Gasteiger partial charge in [0.05, 0.1) is 17.0 Å². The monoisotopic (exact) mass is 498 g/mol. The number of hydrogen-bond donors (Lipinski definition) is 0. The van der Waals surface area contributed by atoms with E-state index in [-0.39, 0.29) is 17.4 Å². The standard InChI is InChI=1S/C23H19BrN2O4S/c24-17-6-8-18(9-7-17)25-22(27)14-21(23(25)28)26(19-10-11-19)31(29,30)20-12-5-15-3-1-2-4-16(15)13-20/h1-9,12-13,19,21H,10-11,14H2. The molecule has 2 aliphatic rings. The number of imide groups is 1. The lowest BCUT2D eigenvalue weighted by Crippen LogP contribution is -2.46. The van der Waals surface area contributed by atoms with Crippen molar-refractivity contribution < 1.29 is 18.0 Å². The Labute approximate surface area is 188 Å². The Hall–Kier alpha value is -2.55. The first-order chi connectivity index (χ1) is 14.9. The second-order valence-corrected chi connectivity index (χ2v) is 10.6. The molecule has 3 aromatic carbocycles. The molecule has 2 fully saturated rings. The van der Waals surface area contributed by atoms with Crippen molar-refractivity contribution in [3.8, 4) is 0 Å². The minimum absolute atomic E-state index is 0.139. The second-order valence-electron chi connectivity index (χ2n) is 7.84. The van der Waals surface area contributed by atoms with Gasteiger partial charge in [-0.05, 0) is 60.0 Å². The minimum Gasteiger partial charge on any atom is -0.274 e. The van der Waals surface area contributed by atoms with Crippen molar-refractivity contribution in [1.82, 2.24) is 4.31 Å². The Balaban J connectivity index is 1.52. The van der Waals surface area contributed by atoms with E-state index in [9.17, 15) is 18.0 Å². The normalized spacial score (nSPS) is 19.5. The molecule has 8 heteroatoms. The maximum atomic E-state index is 13.6. The first-order valence-electron chi connectivity index (χ1n) is 10.0. The molecule has 1 aliphatic carbocycles. The van der Waals surface area contributed by atoms with Crippen molar-refractivity contribution in [3.05, 3.63) is 71.2 Å². The number of fused-ring (bicyclic) bond motifs is 1. The van der Waals surface area contributed by atoms with Gasteiger partial charge in [0.2, 0.25) is 15.9 Å². The quantitative estimate of drug-likeness (QED) is 0.496. The number of benzene rings is 3. The van der Waals surface area contributed by atoms with E-state index in [1.54, 1.807) is 42.5 Å². The predicted octanol–water partition coefficient (Wildman–Crippen LogP) is 4.09. The van der Waals surface area contributed by atoms with Crippen LogP contribution in [0.2, 0.25) is 0 Å². The molecule has 1 heterocycles. The minimum atomic E-state index is -3.96. The van der Waals surface area contributed by atoms with Crippen LogP contribution >= 0.6 is 15.9 Å². The molecule has 0 bridgehead atoms. The lowest BCUT2D eigenvalue weighted by Gasteiger charge is -2.27. The van der Waals surface area contributed by atoms with Gasteiger partial charge in [0.15, 0.2) is 0 Å². The lowest BCUT2D eigenvalue weighted by atomic mass is 10.1. The zero-order valence-corrected chi connectivity index (χ0v) is 18.8. The maximum absolute atomic E-state index is 13.6. The molecule has 2 amide bonds. The molecule has 1 saturated carbocycles. The van der Waals surface area contributed by atoms with E-state index in [0.29, 0.717) is 18.5 Å². The van der Waals surface area contributed by atoms with E-state index < -0.39 is 27.9 Å². The van der Waals surface area contributed by atoms with Crippen molar-refractivity contribution in [1.29, 1.82) is 0 Å². The van der Waals surface area contributed by atoms with Gasteiger partial charge in [0, 0.05) is 10.5 Å². The summed E-state index contributed by atoms with van der Waals surface area (Å²) in [7, 11) is -3.96. The first-order valence-corrected chi connectivity index (χ1v) is 12.2. The second kappa shape index (κ2) is 7.55. The van der Waals surface area contributed by atoms with E-state index in [4.69, 9.17) is 0 Å². The summed E-state index contributed by atoms with van der Waals surface area (Å²) in [5.74, 6) is -0.889. The first kappa shape index (κ1) is 20.4. The van der Waals surface area contributed by atoms with Crippen LogP contribution < -0.4 is 4.90 Å². The molecule has 0 spiro atoms. The zero-order chi connectivity index (χ0) is 21.8. The third-order valence-electron chi connectivity index (χ3n) is 5.72. The SMILES string of the molecule is O=C1CC(N(C2CC2)S(=O)(=O)c2ccc3ccccc3c2)C(=O)N1c1ccc(Br)cc1. The Morgan fingerprint density at radius 1 is 0.903 bits per heavy atom. The van der Waals surface area contributed by atoms with E-state index in [1.165, 1.54) is 4.31 Å². The van der Waals surface area contributed by atoms with Gasteiger partial charge < -0.3 is 0 Å². The summed E-state index contributed by atoms with van der Waals surface area (Å²) >= 11 is 3.34. The van der Waals surface area contributed by atoms with Crippen molar-refractivity contribution in [2.75, 3.05) is 4.90 Å². The fraction of sp³-hybridized carbons (Fsp3) is 0.217. The highest BCUT2D eigenvalue weighted by Crippen LogP contribution is 2.38. The molecular weight excluding hydrogens is 480 g/mol. The summed E-state index contributed by atoms with van der Waals surface area (Å²) < 4.78 is 29.3. The van der Waals surface area contributed by atoms with Crippen molar-refractivity contribution in [2.24, 2.45) is 0 Å². The molecule has 31 heavy (non-hydrogen) atoms. The summed E-state index contributed by atoms with van der Waals surface area (Å²) in [5, 5.41) is 1.75. The fourth-order valence-electron chi connectivity index (χ4n) is 4.07. The van der Waals surface area contributed by atoms with Crippen LogP contribution in [0.25, 0.3) is 10.8 Å². The lowest BCUT2D eigenvalue weighted by molar-refractivity contribution is -0.122. The third-order valence-corrected chi connectivity index (χ3v) is 8.20. The molecule has 1 unspecified atom stereocenters. The highest BCUT2D eigenvalue weighted by Gasteiger charge is 2.51. The average molecular weight is 499 g/mol. The van der Waals surface area contributed by atoms with Crippen LogP contribution in [-0.4, -0.2) is 36.6 Å². The summed E-state index contributed by atoms with van der Waals surface area (Å²) in [6, 6.07) is 18.0. The Morgan fingerprint density at radius 3 is 2.26 bits per heavy atom. The van der Waals surface area contributed by atoms with Gasteiger partial charge >= 0.3 is 0 Å². The number of rotatable bonds is 5. The van der Waals surface area contributed by atoms with Gasteiger partial charge in [-0.2, -0.15) is 4.31 Å².